The number of anilines is 2. The average molecular weight is 273 g/mol. The molecule has 0 bridgehead atoms. The first-order valence-electron chi connectivity index (χ1n) is 5.07. The van der Waals surface area contributed by atoms with Gasteiger partial charge < -0.3 is 10.1 Å². The van der Waals surface area contributed by atoms with E-state index < -0.39 is 22.2 Å². The first-order valence-corrected chi connectivity index (χ1v) is 6.61. The van der Waals surface area contributed by atoms with E-state index in [1.807, 2.05) is 0 Å². The number of rotatable bonds is 5. The number of carbonyl (C=O) groups excluding carboxylic acids is 1. The summed E-state index contributed by atoms with van der Waals surface area (Å²) in [5, 5.41) is 7.72. The lowest BCUT2D eigenvalue weighted by atomic mass is 10.2. The Morgan fingerprint density at radius 3 is 2.56 bits per heavy atom. The van der Waals surface area contributed by atoms with Crippen LogP contribution in [0.25, 0.3) is 0 Å². The molecule has 0 aliphatic rings. The van der Waals surface area contributed by atoms with Crippen molar-refractivity contribution in [2.24, 2.45) is 5.14 Å². The van der Waals surface area contributed by atoms with Gasteiger partial charge in [0, 0.05) is 5.69 Å². The summed E-state index contributed by atoms with van der Waals surface area (Å²) in [5.74, 6) is -0.417. The predicted molar refractivity (Wildman–Crippen MR) is 68.3 cm³/mol. The zero-order valence-electron chi connectivity index (χ0n) is 10.0. The second-order valence-corrected chi connectivity index (χ2v) is 4.91. The average Bonchev–Trinajstić information content (AvgIpc) is 2.26. The maximum Gasteiger partial charge on any atom is 0.327 e. The Bertz CT molecular complexity index is 530. The van der Waals surface area contributed by atoms with E-state index in [9.17, 15) is 13.2 Å². The van der Waals surface area contributed by atoms with E-state index in [2.05, 4.69) is 14.8 Å². The van der Waals surface area contributed by atoms with Crippen LogP contribution in [0.5, 0.6) is 0 Å². The molecule has 1 atom stereocenters. The van der Waals surface area contributed by atoms with Crippen LogP contribution in [0.1, 0.15) is 6.92 Å². The number of hydrogen-bond acceptors (Lipinski definition) is 5. The van der Waals surface area contributed by atoms with Crippen molar-refractivity contribution in [3.63, 3.8) is 0 Å². The molecule has 0 radical (unpaired) electrons. The lowest BCUT2D eigenvalue weighted by Crippen LogP contribution is -2.27. The number of nitrogens with one attached hydrogen (secondary N) is 2. The first kappa shape index (κ1) is 14.3. The Morgan fingerprint density at radius 1 is 1.39 bits per heavy atom. The van der Waals surface area contributed by atoms with Gasteiger partial charge in [0.25, 0.3) is 10.2 Å². The van der Waals surface area contributed by atoms with Gasteiger partial charge in [0.2, 0.25) is 0 Å². The van der Waals surface area contributed by atoms with Crippen LogP contribution < -0.4 is 15.2 Å². The van der Waals surface area contributed by atoms with E-state index in [0.717, 1.165) is 0 Å². The smallest absolute Gasteiger partial charge is 0.327 e. The van der Waals surface area contributed by atoms with Crippen LogP contribution in [0.2, 0.25) is 0 Å². The minimum Gasteiger partial charge on any atom is -0.467 e. The number of methoxy groups -OCH3 is 1. The summed E-state index contributed by atoms with van der Waals surface area (Å²) in [5.41, 5.74) is 0.876. The third-order valence-electron chi connectivity index (χ3n) is 2.06. The van der Waals surface area contributed by atoms with Gasteiger partial charge in [0.1, 0.15) is 6.04 Å². The van der Waals surface area contributed by atoms with Gasteiger partial charge in [-0.25, -0.2) is 9.93 Å². The van der Waals surface area contributed by atoms with Crippen molar-refractivity contribution >= 4 is 27.6 Å². The number of benzene rings is 1. The zero-order chi connectivity index (χ0) is 13.8. The molecule has 0 fully saturated rings. The number of hydrogen-bond donors (Lipinski definition) is 3. The molecular formula is C10H15N3O4S. The first-order chi connectivity index (χ1) is 8.31. The second-order valence-electron chi connectivity index (χ2n) is 3.62. The van der Waals surface area contributed by atoms with Crippen LogP contribution in [0.4, 0.5) is 11.4 Å². The van der Waals surface area contributed by atoms with Crippen molar-refractivity contribution in [3.05, 3.63) is 24.3 Å². The quantitative estimate of drug-likeness (QED) is 0.667. The van der Waals surface area contributed by atoms with E-state index in [4.69, 9.17) is 5.14 Å². The lowest BCUT2D eigenvalue weighted by Gasteiger charge is -2.13. The molecule has 0 saturated heterocycles. The van der Waals surface area contributed by atoms with Gasteiger partial charge in [-0.05, 0) is 25.1 Å². The van der Waals surface area contributed by atoms with Gasteiger partial charge in [0.15, 0.2) is 0 Å². The van der Waals surface area contributed by atoms with Crippen molar-refractivity contribution in [1.29, 1.82) is 0 Å². The Hall–Kier alpha value is -1.80. The Kier molecular flexibility index (Phi) is 4.51. The Labute approximate surface area is 106 Å². The van der Waals surface area contributed by atoms with Crippen LogP contribution in [0.3, 0.4) is 0 Å². The molecular weight excluding hydrogens is 258 g/mol. The SMILES string of the molecule is COC(=O)C(C)Nc1cccc(NS(N)(=O)=O)c1. The highest BCUT2D eigenvalue weighted by atomic mass is 32.2. The van der Waals surface area contributed by atoms with Gasteiger partial charge in [-0.15, -0.1) is 0 Å². The molecule has 0 aromatic heterocycles. The van der Waals surface area contributed by atoms with E-state index in [0.29, 0.717) is 11.4 Å². The molecule has 0 amide bonds. The summed E-state index contributed by atoms with van der Waals surface area (Å²) in [7, 11) is -2.52. The van der Waals surface area contributed by atoms with Crippen LogP contribution in [-0.2, 0) is 19.7 Å². The molecule has 0 saturated carbocycles. The Balaban J connectivity index is 2.80. The third-order valence-corrected chi connectivity index (χ3v) is 2.58. The highest BCUT2D eigenvalue weighted by Gasteiger charge is 2.12. The largest absolute Gasteiger partial charge is 0.467 e. The fraction of sp³-hybridized carbons (Fsp3) is 0.300. The van der Waals surface area contributed by atoms with Gasteiger partial charge in [-0.2, -0.15) is 8.42 Å². The molecule has 8 heteroatoms. The molecule has 100 valence electrons. The Morgan fingerprint density at radius 2 is 2.00 bits per heavy atom. The fourth-order valence-corrected chi connectivity index (χ4v) is 1.78. The molecule has 18 heavy (non-hydrogen) atoms. The summed E-state index contributed by atoms with van der Waals surface area (Å²) in [4.78, 5) is 11.2. The molecule has 0 heterocycles. The summed E-state index contributed by atoms with van der Waals surface area (Å²) in [6.07, 6.45) is 0. The summed E-state index contributed by atoms with van der Waals surface area (Å²) < 4.78 is 28.4. The summed E-state index contributed by atoms with van der Waals surface area (Å²) >= 11 is 0. The van der Waals surface area contributed by atoms with Gasteiger partial charge in [0.05, 0.1) is 12.8 Å². The van der Waals surface area contributed by atoms with E-state index in [1.54, 1.807) is 25.1 Å². The normalized spacial score (nSPS) is 12.6. The molecule has 1 aromatic carbocycles. The maximum absolute atomic E-state index is 11.2. The minimum absolute atomic E-state index is 0.305. The van der Waals surface area contributed by atoms with Crippen LogP contribution in [0.15, 0.2) is 24.3 Å². The number of ether oxygens (including phenoxy) is 1. The molecule has 7 nitrogen and oxygen atoms in total. The third kappa shape index (κ3) is 4.60. The molecule has 4 N–H and O–H groups in total. The van der Waals surface area contributed by atoms with Crippen LogP contribution in [-0.4, -0.2) is 27.5 Å². The zero-order valence-corrected chi connectivity index (χ0v) is 10.8. The highest BCUT2D eigenvalue weighted by Crippen LogP contribution is 2.16. The van der Waals surface area contributed by atoms with Gasteiger partial charge in [-0.1, -0.05) is 6.07 Å². The summed E-state index contributed by atoms with van der Waals surface area (Å²) in [6, 6.07) is 5.83. The predicted octanol–water partition coefficient (Wildman–Crippen LogP) is 0.275. The molecule has 1 unspecified atom stereocenters. The number of nitrogens with two attached hydrogens (primary N) is 1. The van der Waals surface area contributed by atoms with Crippen molar-refractivity contribution in [2.75, 3.05) is 17.1 Å². The summed E-state index contributed by atoms with van der Waals surface area (Å²) in [6.45, 7) is 1.63. The van der Waals surface area contributed by atoms with Crippen molar-refractivity contribution in [3.8, 4) is 0 Å². The monoisotopic (exact) mass is 273 g/mol. The topological polar surface area (TPSA) is 111 Å². The van der Waals surface area contributed by atoms with Crippen molar-refractivity contribution < 1.29 is 17.9 Å². The number of esters is 1. The second kappa shape index (κ2) is 5.69. The van der Waals surface area contributed by atoms with Gasteiger partial charge >= 0.3 is 5.97 Å². The molecule has 1 aromatic rings. The van der Waals surface area contributed by atoms with Crippen molar-refractivity contribution in [2.45, 2.75) is 13.0 Å². The molecule has 0 aliphatic carbocycles. The van der Waals surface area contributed by atoms with Gasteiger partial charge in [-0.3, -0.25) is 4.72 Å². The van der Waals surface area contributed by atoms with E-state index in [-0.39, 0.29) is 0 Å². The maximum atomic E-state index is 11.2. The highest BCUT2D eigenvalue weighted by molar-refractivity contribution is 7.90. The fourth-order valence-electron chi connectivity index (χ4n) is 1.32. The standard InChI is InChI=1S/C10H15N3O4S/c1-7(10(14)17-2)12-8-4-3-5-9(6-8)13-18(11,15)16/h3-7,12-13H,1-2H3,(H2,11,15,16). The molecule has 1 rings (SSSR count). The van der Waals surface area contributed by atoms with Crippen LogP contribution in [0, 0.1) is 0 Å². The van der Waals surface area contributed by atoms with Crippen LogP contribution >= 0.6 is 0 Å². The molecule has 0 aliphatic heterocycles. The van der Waals surface area contributed by atoms with E-state index >= 15 is 0 Å². The minimum atomic E-state index is -3.81. The van der Waals surface area contributed by atoms with Crippen molar-refractivity contribution in [1.82, 2.24) is 0 Å². The van der Waals surface area contributed by atoms with E-state index in [1.165, 1.54) is 13.2 Å². The lowest BCUT2D eigenvalue weighted by molar-refractivity contribution is -0.141. The number of carbonyl (C=O) groups is 1. The molecule has 0 spiro atoms.